The van der Waals surface area contributed by atoms with E-state index in [0.29, 0.717) is 0 Å². The predicted molar refractivity (Wildman–Crippen MR) is 65.1 cm³/mol. The highest BCUT2D eigenvalue weighted by Gasteiger charge is 2.04. The second-order valence-corrected chi connectivity index (χ2v) is 4.88. The van der Waals surface area contributed by atoms with Crippen LogP contribution in [0.15, 0.2) is 40.2 Å². The summed E-state index contributed by atoms with van der Waals surface area (Å²) in [5, 5.41) is 13.7. The fraction of sp³-hybridized carbons (Fsp3) is 0.0909. The lowest BCUT2D eigenvalue weighted by atomic mass is 10.3. The Morgan fingerprint density at radius 1 is 1.50 bits per heavy atom. The van der Waals surface area contributed by atoms with Crippen LogP contribution in [0.3, 0.4) is 0 Å². The largest absolute Gasteiger partial charge is 0.478 e. The van der Waals surface area contributed by atoms with E-state index in [1.807, 2.05) is 5.38 Å². The molecule has 0 saturated heterocycles. The van der Waals surface area contributed by atoms with Gasteiger partial charge in [0.1, 0.15) is 0 Å². The molecule has 2 aromatic rings. The smallest absolute Gasteiger partial charge is 0.335 e. The molecule has 5 heteroatoms. The Kier molecular flexibility index (Phi) is 3.58. The molecule has 0 radical (unpaired) electrons. The number of pyridine rings is 1. The molecule has 0 saturated carbocycles. The van der Waals surface area contributed by atoms with Crippen molar-refractivity contribution in [2.45, 2.75) is 10.8 Å². The zero-order chi connectivity index (χ0) is 11.4. The molecule has 0 fully saturated rings. The van der Waals surface area contributed by atoms with E-state index in [4.69, 9.17) is 5.11 Å². The van der Waals surface area contributed by atoms with Crippen molar-refractivity contribution >= 4 is 29.1 Å². The molecule has 0 aromatic carbocycles. The van der Waals surface area contributed by atoms with E-state index in [0.717, 1.165) is 10.8 Å². The van der Waals surface area contributed by atoms with Crippen LogP contribution in [0.1, 0.15) is 15.9 Å². The molecule has 2 heterocycles. The average Bonchev–Trinajstić information content (AvgIpc) is 2.79. The van der Waals surface area contributed by atoms with E-state index in [9.17, 15) is 4.79 Å². The highest BCUT2D eigenvalue weighted by Crippen LogP contribution is 2.22. The fourth-order valence-electron chi connectivity index (χ4n) is 1.15. The Morgan fingerprint density at radius 3 is 3.06 bits per heavy atom. The van der Waals surface area contributed by atoms with Crippen molar-refractivity contribution in [1.29, 1.82) is 0 Å². The number of thioether (sulfide) groups is 1. The number of carboxylic acid groups (broad SMARTS) is 1. The quantitative estimate of drug-likeness (QED) is 0.848. The van der Waals surface area contributed by atoms with Crippen LogP contribution in [0.4, 0.5) is 0 Å². The Morgan fingerprint density at radius 2 is 2.38 bits per heavy atom. The zero-order valence-electron chi connectivity index (χ0n) is 8.29. The first kappa shape index (κ1) is 11.2. The predicted octanol–water partition coefficient (Wildman–Crippen LogP) is 3.13. The molecule has 0 aliphatic heterocycles. The summed E-state index contributed by atoms with van der Waals surface area (Å²) < 4.78 is 0. The Bertz CT molecular complexity index is 482. The van der Waals surface area contributed by atoms with Gasteiger partial charge in [0, 0.05) is 11.9 Å². The van der Waals surface area contributed by atoms with Gasteiger partial charge >= 0.3 is 5.97 Å². The summed E-state index contributed by atoms with van der Waals surface area (Å²) in [6.45, 7) is 0. The molecule has 0 unspecified atom stereocenters. The standard InChI is InChI=1S/C11H9NO2S2/c13-11(14)9-1-3-12-10(5-9)16-7-8-2-4-15-6-8/h1-6H,7H2,(H,13,14). The Labute approximate surface area is 101 Å². The third-order valence-electron chi connectivity index (χ3n) is 1.95. The van der Waals surface area contributed by atoms with Gasteiger partial charge in [-0.3, -0.25) is 0 Å². The number of aromatic carboxylic acids is 1. The third-order valence-corrected chi connectivity index (χ3v) is 3.68. The van der Waals surface area contributed by atoms with Crippen molar-refractivity contribution in [2.24, 2.45) is 0 Å². The number of hydrogen-bond acceptors (Lipinski definition) is 4. The van der Waals surface area contributed by atoms with Gasteiger partial charge in [-0.2, -0.15) is 11.3 Å². The van der Waals surface area contributed by atoms with Crippen molar-refractivity contribution in [3.05, 3.63) is 46.3 Å². The number of thiophene rings is 1. The summed E-state index contributed by atoms with van der Waals surface area (Å²) >= 11 is 3.20. The number of hydrogen-bond donors (Lipinski definition) is 1. The first-order valence-corrected chi connectivity index (χ1v) is 6.52. The van der Waals surface area contributed by atoms with Gasteiger partial charge in [-0.15, -0.1) is 11.8 Å². The number of rotatable bonds is 4. The van der Waals surface area contributed by atoms with Crippen molar-refractivity contribution in [2.75, 3.05) is 0 Å². The van der Waals surface area contributed by atoms with E-state index in [2.05, 4.69) is 16.4 Å². The molecule has 16 heavy (non-hydrogen) atoms. The molecule has 2 rings (SSSR count). The molecule has 0 aliphatic rings. The van der Waals surface area contributed by atoms with E-state index >= 15 is 0 Å². The fourth-order valence-corrected chi connectivity index (χ4v) is 2.77. The molecule has 82 valence electrons. The molecule has 0 atom stereocenters. The summed E-state index contributed by atoms with van der Waals surface area (Å²) in [7, 11) is 0. The van der Waals surface area contributed by atoms with Crippen LogP contribution in [0.25, 0.3) is 0 Å². The van der Waals surface area contributed by atoms with Gasteiger partial charge in [-0.05, 0) is 34.5 Å². The van der Waals surface area contributed by atoms with Crippen LogP contribution < -0.4 is 0 Å². The van der Waals surface area contributed by atoms with Gasteiger partial charge in [0.25, 0.3) is 0 Å². The first-order valence-electron chi connectivity index (χ1n) is 4.59. The first-order chi connectivity index (χ1) is 7.75. The lowest BCUT2D eigenvalue weighted by molar-refractivity contribution is 0.0696. The molecule has 3 nitrogen and oxygen atoms in total. The number of carbonyl (C=O) groups is 1. The lowest BCUT2D eigenvalue weighted by Gasteiger charge is -2.00. The van der Waals surface area contributed by atoms with Gasteiger partial charge in [0.2, 0.25) is 0 Å². The lowest BCUT2D eigenvalue weighted by Crippen LogP contribution is -1.96. The average molecular weight is 251 g/mol. The van der Waals surface area contributed by atoms with Crippen LogP contribution in [-0.2, 0) is 5.75 Å². The number of nitrogens with zero attached hydrogens (tertiary/aromatic N) is 1. The highest BCUT2D eigenvalue weighted by atomic mass is 32.2. The van der Waals surface area contributed by atoms with Crippen LogP contribution in [0.2, 0.25) is 0 Å². The summed E-state index contributed by atoms with van der Waals surface area (Å²) in [4.78, 5) is 14.9. The minimum absolute atomic E-state index is 0.280. The van der Waals surface area contributed by atoms with E-state index in [1.165, 1.54) is 17.8 Å². The van der Waals surface area contributed by atoms with Crippen molar-refractivity contribution < 1.29 is 9.90 Å². The third kappa shape index (κ3) is 2.84. The van der Waals surface area contributed by atoms with Crippen molar-refractivity contribution in [3.8, 4) is 0 Å². The molecule has 0 bridgehead atoms. The van der Waals surface area contributed by atoms with E-state index in [-0.39, 0.29) is 5.56 Å². The van der Waals surface area contributed by atoms with E-state index in [1.54, 1.807) is 29.2 Å². The van der Waals surface area contributed by atoms with Gasteiger partial charge in [-0.1, -0.05) is 0 Å². The normalized spacial score (nSPS) is 10.2. The van der Waals surface area contributed by atoms with Crippen LogP contribution in [0.5, 0.6) is 0 Å². The van der Waals surface area contributed by atoms with Gasteiger partial charge in [0.05, 0.1) is 10.6 Å². The molecule has 2 aromatic heterocycles. The summed E-state index contributed by atoms with van der Waals surface area (Å²) in [6, 6.07) is 5.15. The molecule has 1 N–H and O–H groups in total. The monoisotopic (exact) mass is 251 g/mol. The van der Waals surface area contributed by atoms with Crippen molar-refractivity contribution in [3.63, 3.8) is 0 Å². The minimum atomic E-state index is -0.917. The van der Waals surface area contributed by atoms with E-state index < -0.39 is 5.97 Å². The van der Waals surface area contributed by atoms with Crippen LogP contribution >= 0.6 is 23.1 Å². The van der Waals surface area contributed by atoms with Crippen LogP contribution in [0, 0.1) is 0 Å². The molecule has 0 amide bonds. The van der Waals surface area contributed by atoms with Gasteiger partial charge in [-0.25, -0.2) is 9.78 Å². The summed E-state index contributed by atoms with van der Waals surface area (Å²) in [5.74, 6) is -0.0978. The topological polar surface area (TPSA) is 50.2 Å². The molecule has 0 aliphatic carbocycles. The maximum Gasteiger partial charge on any atom is 0.335 e. The van der Waals surface area contributed by atoms with Gasteiger partial charge < -0.3 is 5.11 Å². The van der Waals surface area contributed by atoms with Gasteiger partial charge in [0.15, 0.2) is 0 Å². The minimum Gasteiger partial charge on any atom is -0.478 e. The maximum atomic E-state index is 10.8. The Hall–Kier alpha value is -1.33. The summed E-state index contributed by atoms with van der Waals surface area (Å²) in [6.07, 6.45) is 1.53. The van der Waals surface area contributed by atoms with Crippen molar-refractivity contribution in [1.82, 2.24) is 4.98 Å². The highest BCUT2D eigenvalue weighted by molar-refractivity contribution is 7.98. The molecular formula is C11H9NO2S2. The molecule has 0 spiro atoms. The Balaban J connectivity index is 2.04. The second kappa shape index (κ2) is 5.14. The van der Waals surface area contributed by atoms with Crippen LogP contribution in [-0.4, -0.2) is 16.1 Å². The zero-order valence-corrected chi connectivity index (χ0v) is 9.92. The summed E-state index contributed by atoms with van der Waals surface area (Å²) in [5.41, 5.74) is 1.51. The maximum absolute atomic E-state index is 10.8. The SMILES string of the molecule is O=C(O)c1ccnc(SCc2ccsc2)c1. The number of carboxylic acids is 1. The number of aromatic nitrogens is 1. The molecular weight excluding hydrogens is 242 g/mol. The second-order valence-electron chi connectivity index (χ2n) is 3.11.